The number of alkyl halides is 3. The van der Waals surface area contributed by atoms with E-state index in [9.17, 15) is 18.3 Å². The van der Waals surface area contributed by atoms with E-state index in [0.29, 0.717) is 21.1 Å². The van der Waals surface area contributed by atoms with Gasteiger partial charge in [-0.15, -0.1) is 11.3 Å². The van der Waals surface area contributed by atoms with Crippen molar-refractivity contribution in [2.75, 3.05) is 0 Å². The number of fused-ring (bicyclic) bond motifs is 2. The minimum absolute atomic E-state index is 0.246. The average Bonchev–Trinajstić information content (AvgIpc) is 3.17. The molecule has 0 amide bonds. The number of nitrogens with zero attached hydrogens (tertiary/aromatic N) is 1. The molecule has 2 N–H and O–H groups in total. The molecular formula is C17H11F3N2OS. The lowest BCUT2D eigenvalue weighted by Crippen LogP contribution is -2.43. The van der Waals surface area contributed by atoms with Crippen molar-refractivity contribution in [2.45, 2.75) is 11.8 Å². The summed E-state index contributed by atoms with van der Waals surface area (Å²) in [7, 11) is 0. The monoisotopic (exact) mass is 348 g/mol. The van der Waals surface area contributed by atoms with Crippen molar-refractivity contribution >= 4 is 32.5 Å². The largest absolute Gasteiger partial charge is 0.428 e. The number of aliphatic hydroxyl groups is 1. The second-order valence-corrected chi connectivity index (χ2v) is 6.47. The van der Waals surface area contributed by atoms with E-state index < -0.39 is 11.8 Å². The Labute approximate surface area is 138 Å². The summed E-state index contributed by atoms with van der Waals surface area (Å²) >= 11 is 0.843. The summed E-state index contributed by atoms with van der Waals surface area (Å²) in [6.07, 6.45) is -3.71. The molecule has 0 aliphatic rings. The number of nitrogens with one attached hydrogen (secondary N) is 1. The smallest absolute Gasteiger partial charge is 0.370 e. The quantitative estimate of drug-likeness (QED) is 0.557. The van der Waals surface area contributed by atoms with E-state index >= 15 is 0 Å². The molecule has 0 unspecified atom stereocenters. The van der Waals surface area contributed by atoms with Crippen molar-refractivity contribution < 1.29 is 18.3 Å². The molecule has 0 aliphatic heterocycles. The topological polar surface area (TPSA) is 48.9 Å². The predicted molar refractivity (Wildman–Crippen MR) is 87.0 cm³/mol. The zero-order chi connectivity index (χ0) is 16.9. The summed E-state index contributed by atoms with van der Waals surface area (Å²) in [5.74, 6) is 0. The standard InChI is InChI=1S/C17H11F3N2OS/c18-17(19,20)16(23,11-9-21-12-6-2-1-5-10(11)12)15-22-13-7-3-4-8-14(13)24-15/h1-9,21,23H/t16-/m1/s1. The second-order valence-electron chi connectivity index (χ2n) is 5.44. The normalized spacial score (nSPS) is 15.0. The van der Waals surface area contributed by atoms with E-state index in [1.54, 1.807) is 48.5 Å². The predicted octanol–water partition coefficient (Wildman–Crippen LogP) is 4.58. The molecule has 0 bridgehead atoms. The molecule has 0 aliphatic carbocycles. The van der Waals surface area contributed by atoms with Crippen LogP contribution in [-0.2, 0) is 5.60 Å². The van der Waals surface area contributed by atoms with Crippen LogP contribution in [0.25, 0.3) is 21.1 Å². The Balaban J connectivity index is 2.03. The molecule has 0 saturated carbocycles. The van der Waals surface area contributed by atoms with Crippen LogP contribution in [0.3, 0.4) is 0 Å². The summed E-state index contributed by atoms with van der Waals surface area (Å²) in [6.45, 7) is 0. The molecule has 3 nitrogen and oxygen atoms in total. The third kappa shape index (κ3) is 2.05. The van der Waals surface area contributed by atoms with Crippen LogP contribution in [-0.4, -0.2) is 21.3 Å². The van der Waals surface area contributed by atoms with Gasteiger partial charge >= 0.3 is 6.18 Å². The summed E-state index contributed by atoms with van der Waals surface area (Å²) < 4.78 is 42.3. The van der Waals surface area contributed by atoms with Gasteiger partial charge in [-0.25, -0.2) is 4.98 Å². The van der Waals surface area contributed by atoms with E-state index in [-0.39, 0.29) is 10.6 Å². The Morgan fingerprint density at radius 2 is 1.71 bits per heavy atom. The van der Waals surface area contributed by atoms with Gasteiger partial charge in [0.25, 0.3) is 0 Å². The second kappa shape index (κ2) is 5.06. The molecule has 1 atom stereocenters. The first kappa shape index (κ1) is 15.2. The highest BCUT2D eigenvalue weighted by atomic mass is 32.1. The fraction of sp³-hybridized carbons (Fsp3) is 0.118. The molecule has 122 valence electrons. The molecular weight excluding hydrogens is 337 g/mol. The summed E-state index contributed by atoms with van der Waals surface area (Å²) in [5, 5.41) is 10.7. The van der Waals surface area contributed by atoms with Gasteiger partial charge in [0.2, 0.25) is 5.60 Å². The Morgan fingerprint density at radius 1 is 1.00 bits per heavy atom. The lowest BCUT2D eigenvalue weighted by atomic mass is 9.93. The zero-order valence-electron chi connectivity index (χ0n) is 12.1. The van der Waals surface area contributed by atoms with Gasteiger partial charge in [0, 0.05) is 22.7 Å². The lowest BCUT2D eigenvalue weighted by molar-refractivity contribution is -0.247. The zero-order valence-corrected chi connectivity index (χ0v) is 12.9. The van der Waals surface area contributed by atoms with Crippen LogP contribution in [0.4, 0.5) is 13.2 Å². The molecule has 2 aromatic heterocycles. The van der Waals surface area contributed by atoms with Crippen molar-refractivity contribution in [2.24, 2.45) is 0 Å². The van der Waals surface area contributed by atoms with Crippen LogP contribution < -0.4 is 0 Å². The van der Waals surface area contributed by atoms with Crippen LogP contribution in [0.15, 0.2) is 54.7 Å². The SMILES string of the molecule is O[C@@](c1nc2ccccc2s1)(c1c[nH]c2ccccc12)C(F)(F)F. The van der Waals surface area contributed by atoms with E-state index in [2.05, 4.69) is 9.97 Å². The lowest BCUT2D eigenvalue weighted by Gasteiger charge is -2.28. The van der Waals surface area contributed by atoms with E-state index in [0.717, 1.165) is 11.3 Å². The molecule has 7 heteroatoms. The van der Waals surface area contributed by atoms with Gasteiger partial charge in [-0.1, -0.05) is 30.3 Å². The van der Waals surface area contributed by atoms with Crippen LogP contribution >= 0.6 is 11.3 Å². The highest BCUT2D eigenvalue weighted by Crippen LogP contribution is 2.48. The van der Waals surface area contributed by atoms with E-state index in [1.807, 2.05) is 0 Å². The van der Waals surface area contributed by atoms with Gasteiger partial charge < -0.3 is 10.1 Å². The Kier molecular flexibility index (Phi) is 3.20. The maximum atomic E-state index is 13.9. The highest BCUT2D eigenvalue weighted by Gasteiger charge is 2.59. The number of para-hydroxylation sites is 2. The highest BCUT2D eigenvalue weighted by molar-refractivity contribution is 7.18. The molecule has 24 heavy (non-hydrogen) atoms. The first-order valence-electron chi connectivity index (χ1n) is 7.13. The third-order valence-electron chi connectivity index (χ3n) is 3.99. The molecule has 0 saturated heterocycles. The number of aromatic amines is 1. The van der Waals surface area contributed by atoms with Crippen LogP contribution in [0, 0.1) is 0 Å². The molecule has 0 radical (unpaired) electrons. The van der Waals surface area contributed by atoms with Crippen LogP contribution in [0.5, 0.6) is 0 Å². The Bertz CT molecular complexity index is 1000. The van der Waals surface area contributed by atoms with E-state index in [1.165, 1.54) is 6.20 Å². The number of rotatable bonds is 2. The molecule has 4 rings (SSSR count). The number of H-pyrrole nitrogens is 1. The van der Waals surface area contributed by atoms with Crippen molar-refractivity contribution in [1.29, 1.82) is 0 Å². The molecule has 2 aromatic carbocycles. The van der Waals surface area contributed by atoms with E-state index in [4.69, 9.17) is 0 Å². The molecule has 0 spiro atoms. The first-order chi connectivity index (χ1) is 11.4. The third-order valence-corrected chi connectivity index (χ3v) is 5.14. The van der Waals surface area contributed by atoms with Gasteiger partial charge in [0.1, 0.15) is 5.01 Å². The fourth-order valence-corrected chi connectivity index (χ4v) is 3.88. The van der Waals surface area contributed by atoms with Gasteiger partial charge in [-0.2, -0.15) is 13.2 Å². The number of halogens is 3. The summed E-state index contributed by atoms with van der Waals surface area (Å²) in [5.41, 5.74) is -2.46. The summed E-state index contributed by atoms with van der Waals surface area (Å²) in [4.78, 5) is 6.83. The van der Waals surface area contributed by atoms with Crippen molar-refractivity contribution in [3.63, 3.8) is 0 Å². The van der Waals surface area contributed by atoms with Gasteiger partial charge in [-0.3, -0.25) is 0 Å². The Morgan fingerprint density at radius 3 is 2.46 bits per heavy atom. The van der Waals surface area contributed by atoms with Gasteiger partial charge in [0.05, 0.1) is 10.2 Å². The molecule has 4 aromatic rings. The maximum Gasteiger partial charge on any atom is 0.428 e. The minimum atomic E-state index is -4.91. The minimum Gasteiger partial charge on any atom is -0.370 e. The maximum absolute atomic E-state index is 13.9. The summed E-state index contributed by atoms with van der Waals surface area (Å²) in [6, 6.07) is 13.3. The average molecular weight is 348 g/mol. The number of thiazole rings is 1. The van der Waals surface area contributed by atoms with Crippen LogP contribution in [0.1, 0.15) is 10.6 Å². The van der Waals surface area contributed by atoms with Gasteiger partial charge in [-0.05, 0) is 18.2 Å². The van der Waals surface area contributed by atoms with Crippen LogP contribution in [0.2, 0.25) is 0 Å². The Hall–Kier alpha value is -2.38. The number of aromatic nitrogens is 2. The van der Waals surface area contributed by atoms with Crippen molar-refractivity contribution in [1.82, 2.24) is 9.97 Å². The van der Waals surface area contributed by atoms with Gasteiger partial charge in [0.15, 0.2) is 0 Å². The fourth-order valence-electron chi connectivity index (χ4n) is 2.79. The number of hydrogen-bond acceptors (Lipinski definition) is 3. The molecule has 0 fully saturated rings. The van der Waals surface area contributed by atoms with Crippen molar-refractivity contribution in [3.05, 3.63) is 65.3 Å². The molecule has 2 heterocycles. The van der Waals surface area contributed by atoms with Crippen molar-refractivity contribution in [3.8, 4) is 0 Å². The number of hydrogen-bond donors (Lipinski definition) is 2. The number of benzene rings is 2. The first-order valence-corrected chi connectivity index (χ1v) is 7.94.